The molecule has 156 valence electrons. The van der Waals surface area contributed by atoms with E-state index in [1.54, 1.807) is 7.11 Å². The van der Waals surface area contributed by atoms with Crippen molar-refractivity contribution in [2.75, 3.05) is 71.5 Å². The Morgan fingerprint density at radius 3 is 2.64 bits per heavy atom. The Labute approximate surface area is 174 Å². The highest BCUT2D eigenvalue weighted by molar-refractivity contribution is 7.98. The van der Waals surface area contributed by atoms with Crippen LogP contribution in [-0.2, 0) is 6.42 Å². The van der Waals surface area contributed by atoms with Crippen molar-refractivity contribution >= 4 is 17.7 Å². The highest BCUT2D eigenvalue weighted by Crippen LogP contribution is 2.28. The zero-order chi connectivity index (χ0) is 19.9. The highest BCUT2D eigenvalue weighted by atomic mass is 32.2. The van der Waals surface area contributed by atoms with Gasteiger partial charge in [-0.3, -0.25) is 4.79 Å². The summed E-state index contributed by atoms with van der Waals surface area (Å²) in [6, 6.07) is 5.99. The van der Waals surface area contributed by atoms with Crippen LogP contribution in [0.1, 0.15) is 29.3 Å². The number of likely N-dealkylation sites (tertiary alicyclic amines) is 1. The molecular formula is C22H35N3O2S. The van der Waals surface area contributed by atoms with Gasteiger partial charge in [0.1, 0.15) is 5.75 Å². The van der Waals surface area contributed by atoms with Gasteiger partial charge in [-0.05, 0) is 61.9 Å². The van der Waals surface area contributed by atoms with Crippen LogP contribution in [0.4, 0.5) is 0 Å². The van der Waals surface area contributed by atoms with Gasteiger partial charge in [0.25, 0.3) is 5.91 Å². The number of ether oxygens (including phenoxy) is 1. The van der Waals surface area contributed by atoms with Gasteiger partial charge in [-0.15, -0.1) is 0 Å². The van der Waals surface area contributed by atoms with E-state index in [0.29, 0.717) is 5.92 Å². The van der Waals surface area contributed by atoms with Crippen LogP contribution in [0.15, 0.2) is 18.2 Å². The van der Waals surface area contributed by atoms with Crippen molar-refractivity contribution in [1.82, 2.24) is 14.7 Å². The minimum absolute atomic E-state index is 0.160. The second-order valence-corrected chi connectivity index (χ2v) is 8.89. The van der Waals surface area contributed by atoms with Crippen LogP contribution >= 0.6 is 11.8 Å². The standard InChI is InChI=1S/C22H35N3O2S/c1-4-23-9-11-25(12-10-23)22(26)19-5-6-21(27-2)20(16-19)15-18-7-8-24(17-18)13-14-28-3/h5-6,16,18H,4,7-15,17H2,1-3H3. The van der Waals surface area contributed by atoms with Gasteiger partial charge >= 0.3 is 0 Å². The predicted octanol–water partition coefficient (Wildman–Crippen LogP) is 2.70. The number of methoxy groups -OCH3 is 1. The lowest BCUT2D eigenvalue weighted by Gasteiger charge is -2.34. The van der Waals surface area contributed by atoms with Crippen LogP contribution in [0.5, 0.6) is 5.75 Å². The molecule has 28 heavy (non-hydrogen) atoms. The van der Waals surface area contributed by atoms with E-state index >= 15 is 0 Å². The number of hydrogen-bond acceptors (Lipinski definition) is 5. The summed E-state index contributed by atoms with van der Waals surface area (Å²) in [5.74, 6) is 2.92. The number of nitrogens with zero attached hydrogens (tertiary/aromatic N) is 3. The molecule has 2 saturated heterocycles. The van der Waals surface area contributed by atoms with Crippen LogP contribution in [0.2, 0.25) is 0 Å². The first-order chi connectivity index (χ1) is 13.6. The molecule has 1 atom stereocenters. The predicted molar refractivity (Wildman–Crippen MR) is 118 cm³/mol. The summed E-state index contributed by atoms with van der Waals surface area (Å²) in [6.45, 7) is 10.3. The normalized spacial score (nSPS) is 21.2. The number of amides is 1. The summed E-state index contributed by atoms with van der Waals surface area (Å²) in [5, 5.41) is 0. The molecular weight excluding hydrogens is 370 g/mol. The molecule has 0 aromatic heterocycles. The Balaban J connectivity index is 1.64. The molecule has 0 bridgehead atoms. The van der Waals surface area contributed by atoms with Crippen molar-refractivity contribution in [3.8, 4) is 5.75 Å². The molecule has 0 spiro atoms. The molecule has 2 heterocycles. The molecule has 2 aliphatic heterocycles. The van der Waals surface area contributed by atoms with Gasteiger partial charge in [-0.1, -0.05) is 6.92 Å². The van der Waals surface area contributed by atoms with Crippen molar-refractivity contribution in [2.45, 2.75) is 19.8 Å². The zero-order valence-corrected chi connectivity index (χ0v) is 18.5. The van der Waals surface area contributed by atoms with E-state index in [0.717, 1.165) is 57.0 Å². The minimum atomic E-state index is 0.160. The first-order valence-corrected chi connectivity index (χ1v) is 11.9. The summed E-state index contributed by atoms with van der Waals surface area (Å²) in [4.78, 5) is 20.0. The summed E-state index contributed by atoms with van der Waals surface area (Å²) >= 11 is 1.91. The van der Waals surface area contributed by atoms with E-state index in [1.165, 1.54) is 30.8 Å². The van der Waals surface area contributed by atoms with E-state index in [2.05, 4.69) is 29.0 Å². The summed E-state index contributed by atoms with van der Waals surface area (Å²) in [5.41, 5.74) is 1.98. The molecule has 1 amide bonds. The Hall–Kier alpha value is -1.24. The molecule has 2 aliphatic rings. The molecule has 6 heteroatoms. The van der Waals surface area contributed by atoms with Crippen LogP contribution in [0.3, 0.4) is 0 Å². The van der Waals surface area contributed by atoms with Crippen molar-refractivity contribution in [2.24, 2.45) is 5.92 Å². The zero-order valence-electron chi connectivity index (χ0n) is 17.7. The maximum Gasteiger partial charge on any atom is 0.253 e. The topological polar surface area (TPSA) is 36.0 Å². The van der Waals surface area contributed by atoms with Crippen LogP contribution in [0.25, 0.3) is 0 Å². The monoisotopic (exact) mass is 405 g/mol. The fraction of sp³-hybridized carbons (Fsp3) is 0.682. The molecule has 0 radical (unpaired) electrons. The number of likely N-dealkylation sites (N-methyl/N-ethyl adjacent to an activating group) is 1. The van der Waals surface area contributed by atoms with Crippen molar-refractivity contribution < 1.29 is 9.53 Å². The number of piperazine rings is 1. The third-order valence-electron chi connectivity index (χ3n) is 6.12. The smallest absolute Gasteiger partial charge is 0.253 e. The van der Waals surface area contributed by atoms with Crippen LogP contribution in [0, 0.1) is 5.92 Å². The number of benzene rings is 1. The minimum Gasteiger partial charge on any atom is -0.496 e. The van der Waals surface area contributed by atoms with Gasteiger partial charge in [0.15, 0.2) is 0 Å². The van der Waals surface area contributed by atoms with E-state index in [1.807, 2.05) is 28.8 Å². The Bertz CT molecular complexity index is 647. The molecule has 1 unspecified atom stereocenters. The summed E-state index contributed by atoms with van der Waals surface area (Å²) in [7, 11) is 1.73. The Morgan fingerprint density at radius 2 is 1.96 bits per heavy atom. The van der Waals surface area contributed by atoms with Crippen LogP contribution in [-0.4, -0.2) is 92.1 Å². The maximum atomic E-state index is 13.0. The first-order valence-electron chi connectivity index (χ1n) is 10.5. The van der Waals surface area contributed by atoms with Gasteiger partial charge in [-0.2, -0.15) is 11.8 Å². The third kappa shape index (κ3) is 5.43. The molecule has 1 aromatic rings. The molecule has 0 saturated carbocycles. The number of rotatable bonds is 8. The SMILES string of the molecule is CCN1CCN(C(=O)c2ccc(OC)c(CC3CCN(CCSC)C3)c2)CC1. The van der Waals surface area contributed by atoms with Crippen molar-refractivity contribution in [1.29, 1.82) is 0 Å². The van der Waals surface area contributed by atoms with E-state index in [4.69, 9.17) is 4.74 Å². The van der Waals surface area contributed by atoms with Gasteiger partial charge in [0, 0.05) is 50.6 Å². The average Bonchev–Trinajstić information content (AvgIpc) is 3.19. The molecule has 5 nitrogen and oxygen atoms in total. The quantitative estimate of drug-likeness (QED) is 0.665. The number of thioether (sulfide) groups is 1. The largest absolute Gasteiger partial charge is 0.496 e. The van der Waals surface area contributed by atoms with E-state index in [9.17, 15) is 4.79 Å². The number of carbonyl (C=O) groups is 1. The first kappa shape index (κ1) is 21.5. The Kier molecular flexibility index (Phi) is 8.06. The Morgan fingerprint density at radius 1 is 1.18 bits per heavy atom. The lowest BCUT2D eigenvalue weighted by molar-refractivity contribution is 0.0643. The molecule has 3 rings (SSSR count). The molecule has 0 N–H and O–H groups in total. The number of hydrogen-bond donors (Lipinski definition) is 0. The van der Waals surface area contributed by atoms with Crippen molar-refractivity contribution in [3.63, 3.8) is 0 Å². The molecule has 0 aliphatic carbocycles. The lowest BCUT2D eigenvalue weighted by atomic mass is 9.96. The average molecular weight is 406 g/mol. The van der Waals surface area contributed by atoms with Gasteiger partial charge in [0.2, 0.25) is 0 Å². The lowest BCUT2D eigenvalue weighted by Crippen LogP contribution is -2.48. The van der Waals surface area contributed by atoms with Gasteiger partial charge < -0.3 is 19.4 Å². The second kappa shape index (κ2) is 10.5. The maximum absolute atomic E-state index is 13.0. The fourth-order valence-electron chi connectivity index (χ4n) is 4.33. The second-order valence-electron chi connectivity index (χ2n) is 7.91. The summed E-state index contributed by atoms with van der Waals surface area (Å²) < 4.78 is 5.61. The highest BCUT2D eigenvalue weighted by Gasteiger charge is 2.25. The van der Waals surface area contributed by atoms with Gasteiger partial charge in [-0.25, -0.2) is 0 Å². The molecule has 2 fully saturated rings. The fourth-order valence-corrected chi connectivity index (χ4v) is 4.78. The summed E-state index contributed by atoms with van der Waals surface area (Å²) in [6.07, 6.45) is 4.39. The van der Waals surface area contributed by atoms with Crippen LogP contribution < -0.4 is 4.74 Å². The molecule has 1 aromatic carbocycles. The van der Waals surface area contributed by atoms with Gasteiger partial charge in [0.05, 0.1) is 7.11 Å². The van der Waals surface area contributed by atoms with E-state index < -0.39 is 0 Å². The van der Waals surface area contributed by atoms with Crippen molar-refractivity contribution in [3.05, 3.63) is 29.3 Å². The van der Waals surface area contributed by atoms with E-state index in [-0.39, 0.29) is 5.91 Å². The third-order valence-corrected chi connectivity index (χ3v) is 6.72. The number of carbonyl (C=O) groups excluding carboxylic acids is 1.